The highest BCUT2D eigenvalue weighted by molar-refractivity contribution is 6.42. The highest BCUT2D eigenvalue weighted by Gasteiger charge is 2.33. The molecule has 0 aromatic heterocycles. The van der Waals surface area contributed by atoms with E-state index in [-0.39, 0.29) is 34.3 Å². The van der Waals surface area contributed by atoms with Gasteiger partial charge in [-0.3, -0.25) is 19.2 Å². The monoisotopic (exact) mass is 557 g/mol. The fraction of sp³-hybridized carbons (Fsp3) is 0. The molecule has 0 N–H and O–H groups in total. The van der Waals surface area contributed by atoms with Crippen molar-refractivity contribution in [1.29, 1.82) is 0 Å². The number of rotatable bonds is 5. The van der Waals surface area contributed by atoms with Gasteiger partial charge in [0.1, 0.15) is 0 Å². The van der Waals surface area contributed by atoms with Crippen molar-refractivity contribution < 1.29 is 19.2 Å². The van der Waals surface area contributed by atoms with Gasteiger partial charge in [0, 0.05) is 39.3 Å². The van der Waals surface area contributed by atoms with Gasteiger partial charge in [-0.1, -0.05) is 91.0 Å². The van der Waals surface area contributed by atoms with Crippen LogP contribution in [-0.2, 0) is 0 Å². The van der Waals surface area contributed by atoms with Gasteiger partial charge in [0.25, 0.3) is 0 Å². The zero-order valence-corrected chi connectivity index (χ0v) is 22.9. The largest absolute Gasteiger partial charge is 0.311 e. The molecule has 43 heavy (non-hydrogen) atoms. The van der Waals surface area contributed by atoms with Gasteiger partial charge in [-0.2, -0.15) is 0 Å². The molecule has 5 aromatic carbocycles. The average Bonchev–Trinajstić information content (AvgIpc) is 3.44. The Morgan fingerprint density at radius 2 is 0.651 bits per heavy atom. The third kappa shape index (κ3) is 4.53. The Morgan fingerprint density at radius 3 is 1.00 bits per heavy atom. The molecule has 0 saturated heterocycles. The Kier molecular flexibility index (Phi) is 6.33. The number of nitrogens with zero attached hydrogens (tertiary/aromatic N) is 1. The molecule has 0 aliphatic heterocycles. The molecule has 0 unspecified atom stereocenters. The number of carbonyl (C=O) groups excluding carboxylic acids is 4. The lowest BCUT2D eigenvalue weighted by Crippen LogP contribution is -2.09. The van der Waals surface area contributed by atoms with Crippen LogP contribution in [0.5, 0.6) is 0 Å². The Hall–Kier alpha value is -5.94. The Morgan fingerprint density at radius 1 is 0.349 bits per heavy atom. The summed E-state index contributed by atoms with van der Waals surface area (Å²) in [5.74, 6) is -1.02. The summed E-state index contributed by atoms with van der Waals surface area (Å²) in [5, 5.41) is 0. The average molecular weight is 558 g/mol. The Labute approximate surface area is 248 Å². The van der Waals surface area contributed by atoms with Crippen LogP contribution in [0, 0.1) is 0 Å². The normalized spacial score (nSPS) is 13.7. The summed E-state index contributed by atoms with van der Waals surface area (Å²) in [5.41, 5.74) is 6.28. The molecule has 204 valence electrons. The molecule has 0 bridgehead atoms. The fourth-order valence-electron chi connectivity index (χ4n) is 5.60. The summed E-state index contributed by atoms with van der Waals surface area (Å²) in [6.07, 6.45) is 3.29. The minimum absolute atomic E-state index is 0.167. The molecule has 0 heterocycles. The molecule has 2 aliphatic carbocycles. The van der Waals surface area contributed by atoms with Crippen molar-refractivity contribution in [2.75, 3.05) is 4.90 Å². The maximum absolute atomic E-state index is 12.8. The third-order valence-corrected chi connectivity index (χ3v) is 7.75. The summed E-state index contributed by atoms with van der Waals surface area (Å²) in [6.45, 7) is 0. The van der Waals surface area contributed by atoms with E-state index in [1.165, 1.54) is 0 Å². The molecular weight excluding hydrogens is 534 g/mol. The number of anilines is 3. The number of carbonyl (C=O) groups is 4. The maximum atomic E-state index is 12.8. The number of ketones is 4. The molecule has 0 saturated carbocycles. The molecule has 0 radical (unpaired) electrons. The van der Waals surface area contributed by atoms with Crippen molar-refractivity contribution in [2.45, 2.75) is 0 Å². The van der Waals surface area contributed by atoms with Crippen LogP contribution in [0.25, 0.3) is 12.2 Å². The van der Waals surface area contributed by atoms with Crippen LogP contribution in [-0.4, -0.2) is 23.1 Å². The summed E-state index contributed by atoms with van der Waals surface area (Å²) in [7, 11) is 0. The molecule has 7 rings (SSSR count). The van der Waals surface area contributed by atoms with Crippen molar-refractivity contribution in [3.05, 3.63) is 172 Å². The second-order valence-corrected chi connectivity index (χ2v) is 10.4. The molecular formula is C38H23NO4. The summed E-state index contributed by atoms with van der Waals surface area (Å²) in [4.78, 5) is 53.5. The smallest absolute Gasteiger partial charge is 0.197 e. The van der Waals surface area contributed by atoms with Crippen LogP contribution in [0.1, 0.15) is 52.6 Å². The first-order valence-electron chi connectivity index (χ1n) is 13.9. The Bertz CT molecular complexity index is 1810. The zero-order valence-electron chi connectivity index (χ0n) is 22.9. The number of hydrogen-bond donors (Lipinski definition) is 0. The topological polar surface area (TPSA) is 71.5 Å². The first kappa shape index (κ1) is 26.0. The van der Waals surface area contributed by atoms with Gasteiger partial charge < -0.3 is 4.90 Å². The van der Waals surface area contributed by atoms with Gasteiger partial charge in [-0.25, -0.2) is 0 Å². The number of benzene rings is 5. The van der Waals surface area contributed by atoms with Crippen molar-refractivity contribution in [1.82, 2.24) is 0 Å². The van der Waals surface area contributed by atoms with Gasteiger partial charge in [0.05, 0.1) is 11.1 Å². The first-order chi connectivity index (χ1) is 21.0. The van der Waals surface area contributed by atoms with Crippen LogP contribution in [0.4, 0.5) is 17.1 Å². The van der Waals surface area contributed by atoms with Crippen molar-refractivity contribution in [2.24, 2.45) is 0 Å². The van der Waals surface area contributed by atoms with E-state index in [0.717, 1.165) is 28.2 Å². The zero-order chi connectivity index (χ0) is 29.5. The second-order valence-electron chi connectivity index (χ2n) is 10.4. The van der Waals surface area contributed by atoms with Crippen molar-refractivity contribution in [3.63, 3.8) is 0 Å². The van der Waals surface area contributed by atoms with Crippen LogP contribution < -0.4 is 4.90 Å². The van der Waals surface area contributed by atoms with E-state index in [1.807, 2.05) is 78.9 Å². The number of Topliss-reactive ketones (excluding diaryl/α,β-unsaturated/α-hetero) is 4. The molecule has 0 amide bonds. The van der Waals surface area contributed by atoms with Gasteiger partial charge in [-0.15, -0.1) is 0 Å². The van der Waals surface area contributed by atoms with E-state index in [1.54, 1.807) is 60.7 Å². The molecule has 0 atom stereocenters. The maximum Gasteiger partial charge on any atom is 0.197 e. The third-order valence-electron chi connectivity index (χ3n) is 7.75. The minimum Gasteiger partial charge on any atom is -0.311 e. The van der Waals surface area contributed by atoms with Crippen LogP contribution in [0.2, 0.25) is 0 Å². The molecule has 0 fully saturated rings. The van der Waals surface area contributed by atoms with Crippen LogP contribution in [0.15, 0.2) is 139 Å². The van der Waals surface area contributed by atoms with Gasteiger partial charge in [-0.05, 0) is 59.7 Å². The van der Waals surface area contributed by atoms with E-state index >= 15 is 0 Å². The van der Waals surface area contributed by atoms with E-state index in [0.29, 0.717) is 22.3 Å². The highest BCUT2D eigenvalue weighted by Crippen LogP contribution is 2.36. The van der Waals surface area contributed by atoms with Crippen molar-refractivity contribution >= 4 is 52.3 Å². The van der Waals surface area contributed by atoms with Gasteiger partial charge >= 0.3 is 0 Å². The van der Waals surface area contributed by atoms with Crippen LogP contribution in [0.3, 0.4) is 0 Å². The van der Waals surface area contributed by atoms with E-state index in [4.69, 9.17) is 0 Å². The molecule has 5 heteroatoms. The molecule has 5 aromatic rings. The number of fused-ring (bicyclic) bond motifs is 2. The van der Waals surface area contributed by atoms with E-state index in [9.17, 15) is 19.2 Å². The molecule has 5 nitrogen and oxygen atoms in total. The minimum atomic E-state index is -0.254. The van der Waals surface area contributed by atoms with Crippen LogP contribution >= 0.6 is 0 Å². The lowest BCUT2D eigenvalue weighted by molar-refractivity contribution is 0.0975. The molecule has 2 aliphatic rings. The SMILES string of the molecule is O=C1C(=Cc2ccc(N(c3ccccc3)c3ccc(C=C4C(=O)c5ccccc5C4=O)cc3)cc2)C(=O)c2ccccc21. The fourth-order valence-corrected chi connectivity index (χ4v) is 5.60. The van der Waals surface area contributed by atoms with Gasteiger partial charge in [0.2, 0.25) is 0 Å². The predicted molar refractivity (Wildman–Crippen MR) is 167 cm³/mol. The number of hydrogen-bond acceptors (Lipinski definition) is 5. The lowest BCUT2D eigenvalue weighted by Gasteiger charge is -2.25. The standard InChI is InChI=1S/C38H23NO4/c40-35-29-10-4-5-11-30(29)36(41)33(35)22-24-14-18-27(19-15-24)39(26-8-2-1-3-9-26)28-20-16-25(17-21-28)23-34-37(42)31-12-6-7-13-32(31)38(34)43/h1-23H. The number of allylic oxidation sites excluding steroid dienone is 2. The highest BCUT2D eigenvalue weighted by atomic mass is 16.2. The summed E-state index contributed by atoms with van der Waals surface area (Å²) >= 11 is 0. The lowest BCUT2D eigenvalue weighted by atomic mass is 10.0. The Balaban J connectivity index is 1.19. The van der Waals surface area contributed by atoms with Crippen molar-refractivity contribution in [3.8, 4) is 0 Å². The quantitative estimate of drug-likeness (QED) is 0.161. The van der Waals surface area contributed by atoms with E-state index in [2.05, 4.69) is 4.90 Å². The molecule has 0 spiro atoms. The van der Waals surface area contributed by atoms with E-state index < -0.39 is 0 Å². The van der Waals surface area contributed by atoms with Gasteiger partial charge in [0.15, 0.2) is 23.1 Å². The predicted octanol–water partition coefficient (Wildman–Crippen LogP) is 8.08. The second kappa shape index (κ2) is 10.5. The number of para-hydroxylation sites is 1. The first-order valence-corrected chi connectivity index (χ1v) is 13.9. The summed E-state index contributed by atoms with van der Waals surface area (Å²) in [6, 6.07) is 39.0. The summed E-state index contributed by atoms with van der Waals surface area (Å²) < 4.78 is 0.